The van der Waals surface area contributed by atoms with Crippen LogP contribution in [0.2, 0.25) is 0 Å². The van der Waals surface area contributed by atoms with E-state index in [1.165, 1.54) is 36.4 Å². The summed E-state index contributed by atoms with van der Waals surface area (Å²) in [5, 5.41) is 11.5. The summed E-state index contributed by atoms with van der Waals surface area (Å²) in [5.74, 6) is -0.279. The predicted octanol–water partition coefficient (Wildman–Crippen LogP) is 4.62. The fraction of sp³-hybridized carbons (Fsp3) is 0.231. The first-order chi connectivity index (χ1) is 18.3. The van der Waals surface area contributed by atoms with E-state index < -0.39 is 24.1 Å². The lowest BCUT2D eigenvalue weighted by Crippen LogP contribution is -2.32. The minimum Gasteiger partial charge on any atom is -0.484 e. The average molecular weight is 518 g/mol. The van der Waals surface area contributed by atoms with Crippen LogP contribution in [0.3, 0.4) is 0 Å². The number of halogens is 1. The van der Waals surface area contributed by atoms with Crippen LogP contribution in [0.25, 0.3) is 27.8 Å². The van der Waals surface area contributed by atoms with Crippen molar-refractivity contribution in [2.45, 2.75) is 33.0 Å². The van der Waals surface area contributed by atoms with Crippen molar-refractivity contribution >= 4 is 33.8 Å². The standard InChI is InChI=1S/C26H24FN7O4/c1-14-8-21-25(29-13-24(31-21)36-4)22(9-14)34-32-19-10-18(27)23(11-20(19)33-34)37-15(2)16(3)38-26(35)30-17-6-5-7-28-12-17/h5-13,15-16H,1-4H3,(H,30,35)/t15-,16-/m0/s1. The van der Waals surface area contributed by atoms with Crippen LogP contribution >= 0.6 is 0 Å². The monoisotopic (exact) mass is 517 g/mol. The zero-order chi connectivity index (χ0) is 26.8. The molecule has 0 saturated heterocycles. The molecule has 1 amide bonds. The molecular weight excluding hydrogens is 493 g/mol. The lowest BCUT2D eigenvalue weighted by Gasteiger charge is -2.22. The van der Waals surface area contributed by atoms with Crippen molar-refractivity contribution in [1.82, 2.24) is 29.9 Å². The van der Waals surface area contributed by atoms with Gasteiger partial charge in [0.25, 0.3) is 0 Å². The summed E-state index contributed by atoms with van der Waals surface area (Å²) < 4.78 is 31.3. The van der Waals surface area contributed by atoms with Crippen LogP contribution in [0.5, 0.6) is 11.6 Å². The number of carbonyl (C=O) groups excluding carboxylic acids is 1. The van der Waals surface area contributed by atoms with Gasteiger partial charge in [-0.05, 0) is 50.6 Å². The smallest absolute Gasteiger partial charge is 0.412 e. The summed E-state index contributed by atoms with van der Waals surface area (Å²) in [6.45, 7) is 5.24. The minimum atomic E-state index is -0.688. The molecule has 38 heavy (non-hydrogen) atoms. The minimum absolute atomic E-state index is 0.0428. The number of methoxy groups -OCH3 is 1. The van der Waals surface area contributed by atoms with E-state index in [0.29, 0.717) is 39.3 Å². The maximum absolute atomic E-state index is 14.9. The third kappa shape index (κ3) is 5.14. The fourth-order valence-electron chi connectivity index (χ4n) is 3.74. The largest absolute Gasteiger partial charge is 0.484 e. The van der Waals surface area contributed by atoms with Gasteiger partial charge >= 0.3 is 6.09 Å². The van der Waals surface area contributed by atoms with Gasteiger partial charge < -0.3 is 14.2 Å². The van der Waals surface area contributed by atoms with E-state index in [0.717, 1.165) is 5.56 Å². The van der Waals surface area contributed by atoms with Gasteiger partial charge in [0.15, 0.2) is 11.6 Å². The molecule has 11 nitrogen and oxygen atoms in total. The lowest BCUT2D eigenvalue weighted by molar-refractivity contribution is 0.0402. The molecule has 0 radical (unpaired) electrons. The number of aromatic nitrogens is 6. The molecule has 0 unspecified atom stereocenters. The summed E-state index contributed by atoms with van der Waals surface area (Å²) in [7, 11) is 1.52. The second-order valence-corrected chi connectivity index (χ2v) is 8.63. The first-order valence-corrected chi connectivity index (χ1v) is 11.7. The molecule has 0 aliphatic heterocycles. The van der Waals surface area contributed by atoms with E-state index in [4.69, 9.17) is 14.2 Å². The summed E-state index contributed by atoms with van der Waals surface area (Å²) >= 11 is 0. The number of ether oxygens (including phenoxy) is 3. The van der Waals surface area contributed by atoms with E-state index in [9.17, 15) is 9.18 Å². The Bertz CT molecular complexity index is 1630. The van der Waals surface area contributed by atoms with Gasteiger partial charge in [-0.15, -0.1) is 15.0 Å². The number of aryl methyl sites for hydroxylation is 1. The molecule has 3 heterocycles. The Kier molecular flexibility index (Phi) is 6.69. The van der Waals surface area contributed by atoms with Crippen LogP contribution < -0.4 is 14.8 Å². The van der Waals surface area contributed by atoms with Gasteiger partial charge in [-0.1, -0.05) is 0 Å². The quantitative estimate of drug-likeness (QED) is 0.329. The molecule has 5 rings (SSSR count). The highest BCUT2D eigenvalue weighted by atomic mass is 19.1. The van der Waals surface area contributed by atoms with Crippen molar-refractivity contribution in [1.29, 1.82) is 0 Å². The zero-order valence-corrected chi connectivity index (χ0v) is 21.0. The van der Waals surface area contributed by atoms with Crippen molar-refractivity contribution in [2.75, 3.05) is 12.4 Å². The molecule has 0 aliphatic rings. The van der Waals surface area contributed by atoms with E-state index in [1.807, 2.05) is 19.1 Å². The molecule has 2 atom stereocenters. The van der Waals surface area contributed by atoms with Crippen LogP contribution in [0.4, 0.5) is 14.9 Å². The van der Waals surface area contributed by atoms with Gasteiger partial charge in [-0.2, -0.15) is 0 Å². The molecule has 0 fully saturated rings. The molecule has 5 aromatic rings. The number of nitrogens with one attached hydrogen (secondary N) is 1. The molecule has 0 aliphatic carbocycles. The highest BCUT2D eigenvalue weighted by Gasteiger charge is 2.21. The highest BCUT2D eigenvalue weighted by Crippen LogP contribution is 2.27. The highest BCUT2D eigenvalue weighted by molar-refractivity contribution is 5.85. The maximum Gasteiger partial charge on any atom is 0.412 e. The predicted molar refractivity (Wildman–Crippen MR) is 137 cm³/mol. The summed E-state index contributed by atoms with van der Waals surface area (Å²) in [6, 6.07) is 9.82. The van der Waals surface area contributed by atoms with Gasteiger partial charge in [0.2, 0.25) is 5.88 Å². The number of hydrogen-bond donors (Lipinski definition) is 1. The number of pyridine rings is 1. The van der Waals surface area contributed by atoms with Crippen molar-refractivity contribution in [3.8, 4) is 17.3 Å². The van der Waals surface area contributed by atoms with Crippen LogP contribution in [0.15, 0.2) is 55.0 Å². The first kappa shape index (κ1) is 24.8. The van der Waals surface area contributed by atoms with E-state index in [-0.39, 0.29) is 5.75 Å². The second-order valence-electron chi connectivity index (χ2n) is 8.63. The van der Waals surface area contributed by atoms with Crippen LogP contribution in [-0.2, 0) is 4.74 Å². The topological polar surface area (TPSA) is 126 Å². The zero-order valence-electron chi connectivity index (χ0n) is 21.0. The number of hydrogen-bond acceptors (Lipinski definition) is 9. The molecule has 1 N–H and O–H groups in total. The summed E-state index contributed by atoms with van der Waals surface area (Å²) in [4.78, 5) is 26.4. The molecular formula is C26H24FN7O4. The normalized spacial score (nSPS) is 12.8. The van der Waals surface area contributed by atoms with Crippen LogP contribution in [-0.4, -0.2) is 55.4 Å². The molecule has 0 saturated carbocycles. The number of benzene rings is 2. The van der Waals surface area contributed by atoms with Crippen molar-refractivity contribution in [2.24, 2.45) is 0 Å². The molecule has 0 bridgehead atoms. The molecule has 194 valence electrons. The van der Waals surface area contributed by atoms with Gasteiger partial charge in [0.05, 0.1) is 30.7 Å². The molecule has 2 aromatic carbocycles. The number of rotatable bonds is 7. The third-order valence-electron chi connectivity index (χ3n) is 5.78. The van der Waals surface area contributed by atoms with Crippen molar-refractivity contribution in [3.63, 3.8) is 0 Å². The van der Waals surface area contributed by atoms with Gasteiger partial charge in [0, 0.05) is 18.3 Å². The number of fused-ring (bicyclic) bond motifs is 2. The maximum atomic E-state index is 14.9. The van der Waals surface area contributed by atoms with Crippen molar-refractivity contribution < 1.29 is 23.4 Å². The summed E-state index contributed by atoms with van der Waals surface area (Å²) in [5.41, 5.74) is 3.92. The van der Waals surface area contributed by atoms with Gasteiger partial charge in [-0.3, -0.25) is 10.3 Å². The van der Waals surface area contributed by atoms with Crippen molar-refractivity contribution in [3.05, 3.63) is 66.4 Å². The Morgan fingerprint density at radius 1 is 1.05 bits per heavy atom. The Morgan fingerprint density at radius 3 is 2.58 bits per heavy atom. The van der Waals surface area contributed by atoms with E-state index in [2.05, 4.69) is 30.5 Å². The molecule has 0 spiro atoms. The SMILES string of the molecule is COc1cnc2c(-n3nc4cc(F)c(O[C@@H](C)[C@H](C)OC(=O)Nc5cccnc5)cc4n3)cc(C)cc2n1. The summed E-state index contributed by atoms with van der Waals surface area (Å²) in [6.07, 6.45) is 2.57. The lowest BCUT2D eigenvalue weighted by atomic mass is 10.2. The Labute approximate surface area is 216 Å². The number of anilines is 1. The van der Waals surface area contributed by atoms with Gasteiger partial charge in [-0.25, -0.2) is 19.2 Å². The molecule has 12 heteroatoms. The Morgan fingerprint density at radius 2 is 1.84 bits per heavy atom. The number of amides is 1. The average Bonchev–Trinajstić information content (AvgIpc) is 3.30. The molecule has 3 aromatic heterocycles. The first-order valence-electron chi connectivity index (χ1n) is 11.7. The third-order valence-corrected chi connectivity index (χ3v) is 5.78. The fourth-order valence-corrected chi connectivity index (χ4v) is 3.74. The van der Waals surface area contributed by atoms with Crippen LogP contribution in [0.1, 0.15) is 19.4 Å². The van der Waals surface area contributed by atoms with E-state index in [1.54, 1.807) is 32.2 Å². The number of carbonyl (C=O) groups is 1. The van der Waals surface area contributed by atoms with Crippen LogP contribution in [0, 0.1) is 12.7 Å². The second kappa shape index (κ2) is 10.2. The Balaban J connectivity index is 1.36. The van der Waals surface area contributed by atoms with E-state index >= 15 is 0 Å². The number of nitrogens with zero attached hydrogens (tertiary/aromatic N) is 6. The Hall–Kier alpha value is -4.87. The van der Waals surface area contributed by atoms with Gasteiger partial charge in [0.1, 0.15) is 34.4 Å².